The Labute approximate surface area is 82.6 Å². The molecule has 80 valence electrons. The minimum absolute atomic E-state index is 0.156. The first kappa shape index (κ1) is 10.8. The normalized spacial score (nSPS) is 21.8. The Kier molecular flexibility index (Phi) is 3.73. The second kappa shape index (κ2) is 4.83. The highest BCUT2D eigenvalue weighted by Gasteiger charge is 2.23. The van der Waals surface area contributed by atoms with Crippen LogP contribution in [0.4, 0.5) is 4.79 Å². The van der Waals surface area contributed by atoms with Crippen molar-refractivity contribution in [1.82, 2.24) is 4.90 Å². The lowest BCUT2D eigenvalue weighted by Gasteiger charge is -2.30. The Morgan fingerprint density at radius 1 is 1.57 bits per heavy atom. The van der Waals surface area contributed by atoms with Gasteiger partial charge in [-0.15, -0.1) is 0 Å². The van der Waals surface area contributed by atoms with Crippen LogP contribution in [0.1, 0.15) is 19.8 Å². The van der Waals surface area contributed by atoms with E-state index >= 15 is 0 Å². The molecule has 0 saturated carbocycles. The first-order valence-electron chi connectivity index (χ1n) is 4.71. The summed E-state index contributed by atoms with van der Waals surface area (Å²) < 4.78 is 4.85. The fourth-order valence-electron chi connectivity index (χ4n) is 1.61. The van der Waals surface area contributed by atoms with Crippen molar-refractivity contribution < 1.29 is 19.4 Å². The third-order valence-electron chi connectivity index (χ3n) is 2.31. The summed E-state index contributed by atoms with van der Waals surface area (Å²) >= 11 is 0. The molecule has 0 aromatic carbocycles. The maximum atomic E-state index is 10.7. The molecular formula is C9H15NO4. The van der Waals surface area contributed by atoms with Crippen LogP contribution in [0.25, 0.3) is 0 Å². The van der Waals surface area contributed by atoms with E-state index in [0.717, 1.165) is 12.8 Å². The van der Waals surface area contributed by atoms with Crippen molar-refractivity contribution in [2.75, 3.05) is 19.7 Å². The van der Waals surface area contributed by atoms with Gasteiger partial charge < -0.3 is 14.7 Å². The van der Waals surface area contributed by atoms with Crippen LogP contribution < -0.4 is 0 Å². The number of esters is 1. The molecule has 1 rings (SSSR count). The number of carbonyl (C=O) groups excluding carboxylic acids is 1. The number of piperidine rings is 1. The van der Waals surface area contributed by atoms with Gasteiger partial charge in [0, 0.05) is 25.9 Å². The van der Waals surface area contributed by atoms with Gasteiger partial charge in [0.2, 0.25) is 0 Å². The number of hydrogen-bond donors (Lipinski definition) is 1. The van der Waals surface area contributed by atoms with E-state index in [1.807, 2.05) is 0 Å². The van der Waals surface area contributed by atoms with E-state index in [-0.39, 0.29) is 11.9 Å². The Morgan fingerprint density at radius 3 is 2.86 bits per heavy atom. The highest BCUT2D eigenvalue weighted by molar-refractivity contribution is 5.66. The highest BCUT2D eigenvalue weighted by atomic mass is 16.5. The smallest absolute Gasteiger partial charge is 0.407 e. The molecule has 0 spiro atoms. The summed E-state index contributed by atoms with van der Waals surface area (Å²) in [6.45, 7) is 2.76. The van der Waals surface area contributed by atoms with Gasteiger partial charge in [-0.1, -0.05) is 0 Å². The molecule has 0 bridgehead atoms. The van der Waals surface area contributed by atoms with Crippen LogP contribution in [0.5, 0.6) is 0 Å². The molecule has 1 atom stereocenters. The molecular weight excluding hydrogens is 186 g/mol. The molecule has 14 heavy (non-hydrogen) atoms. The summed E-state index contributed by atoms with van der Waals surface area (Å²) in [7, 11) is 0. The zero-order chi connectivity index (χ0) is 10.6. The lowest BCUT2D eigenvalue weighted by Crippen LogP contribution is -2.40. The molecule has 1 aliphatic rings. The number of likely N-dealkylation sites (tertiary alicyclic amines) is 1. The predicted octanol–water partition coefficient (Wildman–Crippen LogP) is 0.940. The van der Waals surface area contributed by atoms with E-state index in [1.165, 1.54) is 11.8 Å². The second-order valence-corrected chi connectivity index (χ2v) is 3.54. The number of carbonyl (C=O) groups is 2. The second-order valence-electron chi connectivity index (χ2n) is 3.54. The number of rotatable bonds is 2. The summed E-state index contributed by atoms with van der Waals surface area (Å²) in [6, 6.07) is 0. The SMILES string of the molecule is CC(=O)OCC1CCCN(C(=O)O)C1. The molecule has 5 heteroatoms. The molecule has 0 aliphatic carbocycles. The maximum Gasteiger partial charge on any atom is 0.407 e. The maximum absolute atomic E-state index is 10.7. The van der Waals surface area contributed by atoms with Crippen LogP contribution in [0.2, 0.25) is 0 Å². The topological polar surface area (TPSA) is 66.8 Å². The number of hydrogen-bond acceptors (Lipinski definition) is 3. The highest BCUT2D eigenvalue weighted by Crippen LogP contribution is 2.16. The van der Waals surface area contributed by atoms with Gasteiger partial charge in [0.15, 0.2) is 0 Å². The van der Waals surface area contributed by atoms with Gasteiger partial charge in [0.1, 0.15) is 0 Å². The van der Waals surface area contributed by atoms with Gasteiger partial charge >= 0.3 is 12.1 Å². The van der Waals surface area contributed by atoms with Crippen molar-refractivity contribution in [3.8, 4) is 0 Å². The molecule has 1 aliphatic heterocycles. The van der Waals surface area contributed by atoms with E-state index in [4.69, 9.17) is 9.84 Å². The van der Waals surface area contributed by atoms with Crippen LogP contribution in [0, 0.1) is 5.92 Å². The van der Waals surface area contributed by atoms with Crippen molar-refractivity contribution in [2.24, 2.45) is 5.92 Å². The fourth-order valence-corrected chi connectivity index (χ4v) is 1.61. The van der Waals surface area contributed by atoms with Gasteiger partial charge in [0.25, 0.3) is 0 Å². The van der Waals surface area contributed by atoms with Crippen molar-refractivity contribution in [2.45, 2.75) is 19.8 Å². The van der Waals surface area contributed by atoms with Gasteiger partial charge in [0.05, 0.1) is 6.61 Å². The summed E-state index contributed by atoms with van der Waals surface area (Å²) in [5.41, 5.74) is 0. The molecule has 1 unspecified atom stereocenters. The largest absolute Gasteiger partial charge is 0.466 e. The van der Waals surface area contributed by atoms with Gasteiger partial charge in [-0.3, -0.25) is 4.79 Å². The van der Waals surface area contributed by atoms with Crippen molar-refractivity contribution in [3.63, 3.8) is 0 Å². The number of carboxylic acid groups (broad SMARTS) is 1. The van der Waals surface area contributed by atoms with E-state index in [2.05, 4.69) is 0 Å². The Morgan fingerprint density at radius 2 is 2.29 bits per heavy atom. The van der Waals surface area contributed by atoms with Crippen LogP contribution in [0.15, 0.2) is 0 Å². The van der Waals surface area contributed by atoms with Crippen LogP contribution in [0.3, 0.4) is 0 Å². The molecule has 1 saturated heterocycles. The lowest BCUT2D eigenvalue weighted by atomic mass is 9.99. The number of nitrogens with zero attached hydrogens (tertiary/aromatic N) is 1. The zero-order valence-electron chi connectivity index (χ0n) is 8.23. The summed E-state index contributed by atoms with van der Waals surface area (Å²) in [4.78, 5) is 22.6. The van der Waals surface area contributed by atoms with E-state index in [1.54, 1.807) is 0 Å². The molecule has 0 aromatic rings. The van der Waals surface area contributed by atoms with Crippen LogP contribution in [-0.4, -0.2) is 41.8 Å². The van der Waals surface area contributed by atoms with Crippen LogP contribution in [-0.2, 0) is 9.53 Å². The van der Waals surface area contributed by atoms with E-state index in [9.17, 15) is 9.59 Å². The Balaban J connectivity index is 2.32. The third-order valence-corrected chi connectivity index (χ3v) is 2.31. The predicted molar refractivity (Wildman–Crippen MR) is 49.0 cm³/mol. The molecule has 1 amide bonds. The minimum atomic E-state index is -0.891. The van der Waals surface area contributed by atoms with Crippen molar-refractivity contribution in [3.05, 3.63) is 0 Å². The molecule has 1 fully saturated rings. The zero-order valence-corrected chi connectivity index (χ0v) is 8.23. The molecule has 5 nitrogen and oxygen atoms in total. The number of ether oxygens (including phenoxy) is 1. The number of amides is 1. The quantitative estimate of drug-likeness (QED) is 0.675. The lowest BCUT2D eigenvalue weighted by molar-refractivity contribution is -0.142. The summed E-state index contributed by atoms with van der Waals surface area (Å²) in [6.07, 6.45) is 0.882. The standard InChI is InChI=1S/C9H15NO4/c1-7(11)14-6-8-3-2-4-10(5-8)9(12)13/h8H,2-6H2,1H3,(H,12,13). The van der Waals surface area contributed by atoms with Crippen LogP contribution >= 0.6 is 0 Å². The van der Waals surface area contributed by atoms with Crippen molar-refractivity contribution in [1.29, 1.82) is 0 Å². The summed E-state index contributed by atoms with van der Waals surface area (Å²) in [5.74, 6) is -0.152. The minimum Gasteiger partial charge on any atom is -0.466 e. The third kappa shape index (κ3) is 3.24. The molecule has 0 radical (unpaired) electrons. The van der Waals surface area contributed by atoms with Gasteiger partial charge in [-0.2, -0.15) is 0 Å². The molecule has 0 aromatic heterocycles. The van der Waals surface area contributed by atoms with Crippen molar-refractivity contribution >= 4 is 12.1 Å². The van der Waals surface area contributed by atoms with Gasteiger partial charge in [-0.25, -0.2) is 4.79 Å². The fraction of sp³-hybridized carbons (Fsp3) is 0.778. The average Bonchev–Trinajstić information content (AvgIpc) is 2.15. The van der Waals surface area contributed by atoms with E-state index in [0.29, 0.717) is 19.7 Å². The Bertz CT molecular complexity index is 229. The van der Waals surface area contributed by atoms with Gasteiger partial charge in [-0.05, 0) is 12.8 Å². The Hall–Kier alpha value is -1.26. The monoisotopic (exact) mass is 201 g/mol. The first-order valence-corrected chi connectivity index (χ1v) is 4.71. The van der Waals surface area contributed by atoms with E-state index < -0.39 is 6.09 Å². The first-order chi connectivity index (χ1) is 6.59. The molecule has 1 heterocycles. The molecule has 1 N–H and O–H groups in total. The summed E-state index contributed by atoms with van der Waals surface area (Å²) in [5, 5.41) is 8.75. The average molecular weight is 201 g/mol.